The van der Waals surface area contributed by atoms with Crippen LogP contribution in [-0.2, 0) is 9.47 Å². The molecule has 128 valence electrons. The number of ether oxygens (including phenoxy) is 2. The van der Waals surface area contributed by atoms with E-state index in [1.807, 2.05) is 6.92 Å². The van der Waals surface area contributed by atoms with Gasteiger partial charge < -0.3 is 18.8 Å². The highest BCUT2D eigenvalue weighted by atomic mass is 16.5. The van der Waals surface area contributed by atoms with Gasteiger partial charge in [0.15, 0.2) is 23.7 Å². The van der Waals surface area contributed by atoms with Crippen molar-refractivity contribution in [2.45, 2.75) is 32.0 Å². The van der Waals surface area contributed by atoms with Crippen molar-refractivity contribution in [3.05, 3.63) is 29.5 Å². The van der Waals surface area contributed by atoms with Crippen LogP contribution in [0.1, 0.15) is 52.9 Å². The molecule has 1 amide bonds. The molecule has 1 N–H and O–H groups in total. The minimum Gasteiger partial charge on any atom is -0.445 e. The predicted octanol–water partition coefficient (Wildman–Crippen LogP) is 1.17. The number of nitrogens with one attached hydrogen (secondary N) is 1. The van der Waals surface area contributed by atoms with E-state index in [2.05, 4.69) is 20.2 Å². The van der Waals surface area contributed by atoms with Crippen LogP contribution in [0.15, 0.2) is 10.8 Å². The standard InChI is InChI=1S/C15H19N5O4/c1-9-17-14(19-18-9)11-7-20(4-6-23-11)15(21)12-13(24-8-16-12)10-3-2-5-22-10/h8,10-11H,2-7H2,1H3,(H,17,18,19)/t10-,11+/m1/s1. The van der Waals surface area contributed by atoms with E-state index in [4.69, 9.17) is 13.9 Å². The summed E-state index contributed by atoms with van der Waals surface area (Å²) in [7, 11) is 0. The highest BCUT2D eigenvalue weighted by Gasteiger charge is 2.33. The Kier molecular flexibility index (Phi) is 4.03. The van der Waals surface area contributed by atoms with Crippen LogP contribution in [0.3, 0.4) is 0 Å². The Hall–Kier alpha value is -2.26. The first-order valence-corrected chi connectivity index (χ1v) is 8.07. The van der Waals surface area contributed by atoms with Gasteiger partial charge in [-0.2, -0.15) is 5.10 Å². The third kappa shape index (κ3) is 2.80. The topological polar surface area (TPSA) is 106 Å². The quantitative estimate of drug-likeness (QED) is 0.898. The van der Waals surface area contributed by atoms with Crippen molar-refractivity contribution >= 4 is 5.91 Å². The Morgan fingerprint density at radius 1 is 1.33 bits per heavy atom. The van der Waals surface area contributed by atoms with Gasteiger partial charge in [-0.3, -0.25) is 9.89 Å². The molecule has 2 aromatic heterocycles. The second kappa shape index (κ2) is 6.33. The molecular formula is C15H19N5O4. The number of hydrogen-bond donors (Lipinski definition) is 1. The number of amides is 1. The van der Waals surface area contributed by atoms with Crippen LogP contribution >= 0.6 is 0 Å². The summed E-state index contributed by atoms with van der Waals surface area (Å²) in [5.41, 5.74) is 0.328. The summed E-state index contributed by atoms with van der Waals surface area (Å²) < 4.78 is 16.7. The SMILES string of the molecule is Cc1nc([C@@H]2CN(C(=O)c3ncoc3[C@H]3CCCO3)CCO2)n[nH]1. The average molecular weight is 333 g/mol. The Balaban J connectivity index is 1.51. The first-order chi connectivity index (χ1) is 11.7. The molecule has 0 aliphatic carbocycles. The molecule has 0 unspecified atom stereocenters. The van der Waals surface area contributed by atoms with Gasteiger partial charge in [0.25, 0.3) is 5.91 Å². The zero-order chi connectivity index (χ0) is 16.5. The van der Waals surface area contributed by atoms with E-state index in [-0.39, 0.29) is 18.1 Å². The molecule has 24 heavy (non-hydrogen) atoms. The zero-order valence-corrected chi connectivity index (χ0v) is 13.4. The van der Waals surface area contributed by atoms with Gasteiger partial charge in [-0.15, -0.1) is 0 Å². The lowest BCUT2D eigenvalue weighted by molar-refractivity contribution is -0.0270. The molecule has 9 nitrogen and oxygen atoms in total. The normalized spacial score (nSPS) is 24.5. The van der Waals surface area contributed by atoms with Crippen LogP contribution in [0.25, 0.3) is 0 Å². The summed E-state index contributed by atoms with van der Waals surface area (Å²) in [5.74, 6) is 1.63. The average Bonchev–Trinajstić information content (AvgIpc) is 3.34. The summed E-state index contributed by atoms with van der Waals surface area (Å²) in [6.07, 6.45) is 2.59. The van der Waals surface area contributed by atoms with Crippen molar-refractivity contribution < 1.29 is 18.7 Å². The van der Waals surface area contributed by atoms with Crippen molar-refractivity contribution in [2.75, 3.05) is 26.3 Å². The Morgan fingerprint density at radius 3 is 2.96 bits per heavy atom. The molecule has 0 bridgehead atoms. The van der Waals surface area contributed by atoms with Gasteiger partial charge in [0, 0.05) is 13.2 Å². The van der Waals surface area contributed by atoms with Gasteiger partial charge in [0.2, 0.25) is 0 Å². The van der Waals surface area contributed by atoms with Crippen molar-refractivity contribution in [3.8, 4) is 0 Å². The molecule has 9 heteroatoms. The summed E-state index contributed by atoms with van der Waals surface area (Å²) in [4.78, 5) is 23.0. The molecule has 2 fully saturated rings. The van der Waals surface area contributed by atoms with Crippen molar-refractivity contribution in [1.29, 1.82) is 0 Å². The largest absolute Gasteiger partial charge is 0.445 e. The van der Waals surface area contributed by atoms with Gasteiger partial charge in [-0.1, -0.05) is 0 Å². The first kappa shape index (κ1) is 15.3. The van der Waals surface area contributed by atoms with Crippen molar-refractivity contribution in [2.24, 2.45) is 0 Å². The van der Waals surface area contributed by atoms with E-state index >= 15 is 0 Å². The molecular weight excluding hydrogens is 314 g/mol. The fourth-order valence-corrected chi connectivity index (χ4v) is 3.07. The summed E-state index contributed by atoms with van der Waals surface area (Å²) in [6, 6.07) is 0. The number of rotatable bonds is 3. The van der Waals surface area contributed by atoms with Crippen LogP contribution in [0.5, 0.6) is 0 Å². The third-order valence-electron chi connectivity index (χ3n) is 4.28. The zero-order valence-electron chi connectivity index (χ0n) is 13.4. The van der Waals surface area contributed by atoms with Crippen LogP contribution in [0, 0.1) is 6.92 Å². The van der Waals surface area contributed by atoms with Crippen molar-refractivity contribution in [3.63, 3.8) is 0 Å². The van der Waals surface area contributed by atoms with E-state index in [0.29, 0.717) is 49.4 Å². The van der Waals surface area contributed by atoms with E-state index in [0.717, 1.165) is 12.8 Å². The lowest BCUT2D eigenvalue weighted by Crippen LogP contribution is -2.43. The second-order valence-corrected chi connectivity index (χ2v) is 5.96. The van der Waals surface area contributed by atoms with Crippen molar-refractivity contribution in [1.82, 2.24) is 25.1 Å². The summed E-state index contributed by atoms with van der Waals surface area (Å²) in [6.45, 7) is 3.82. The highest BCUT2D eigenvalue weighted by molar-refractivity contribution is 5.93. The summed E-state index contributed by atoms with van der Waals surface area (Å²) >= 11 is 0. The minimum absolute atomic E-state index is 0.171. The number of carbonyl (C=O) groups excluding carboxylic acids is 1. The number of H-pyrrole nitrogens is 1. The minimum atomic E-state index is -0.342. The third-order valence-corrected chi connectivity index (χ3v) is 4.28. The number of aromatic nitrogens is 4. The smallest absolute Gasteiger partial charge is 0.276 e. The van der Waals surface area contributed by atoms with Crippen LogP contribution in [-0.4, -0.2) is 57.3 Å². The molecule has 4 rings (SSSR count). The number of aromatic amines is 1. The molecule has 4 heterocycles. The summed E-state index contributed by atoms with van der Waals surface area (Å²) in [5, 5.41) is 6.92. The van der Waals surface area contributed by atoms with Crippen LogP contribution in [0.2, 0.25) is 0 Å². The fourth-order valence-electron chi connectivity index (χ4n) is 3.07. The van der Waals surface area contributed by atoms with Gasteiger partial charge >= 0.3 is 0 Å². The van der Waals surface area contributed by atoms with Crippen LogP contribution < -0.4 is 0 Å². The second-order valence-electron chi connectivity index (χ2n) is 5.96. The molecule has 2 aliphatic rings. The van der Waals surface area contributed by atoms with E-state index in [1.54, 1.807) is 4.90 Å². The van der Waals surface area contributed by atoms with Gasteiger partial charge in [-0.25, -0.2) is 9.97 Å². The number of oxazole rings is 1. The van der Waals surface area contributed by atoms with Gasteiger partial charge in [0.1, 0.15) is 18.0 Å². The Morgan fingerprint density at radius 2 is 2.21 bits per heavy atom. The molecule has 2 saturated heterocycles. The lowest BCUT2D eigenvalue weighted by Gasteiger charge is -2.31. The highest BCUT2D eigenvalue weighted by Crippen LogP contribution is 2.31. The monoisotopic (exact) mass is 333 g/mol. The number of hydrogen-bond acceptors (Lipinski definition) is 7. The molecule has 0 saturated carbocycles. The van der Waals surface area contributed by atoms with Crippen LogP contribution in [0.4, 0.5) is 0 Å². The maximum atomic E-state index is 12.9. The molecule has 2 aliphatic heterocycles. The maximum Gasteiger partial charge on any atom is 0.276 e. The van der Waals surface area contributed by atoms with Gasteiger partial charge in [0.05, 0.1) is 13.2 Å². The molecule has 2 atom stereocenters. The fraction of sp³-hybridized carbons (Fsp3) is 0.600. The van der Waals surface area contributed by atoms with Gasteiger partial charge in [-0.05, 0) is 19.8 Å². The maximum absolute atomic E-state index is 12.9. The Bertz CT molecular complexity index is 721. The number of aryl methyl sites for hydroxylation is 1. The number of morpholine rings is 1. The lowest BCUT2D eigenvalue weighted by atomic mass is 10.1. The first-order valence-electron chi connectivity index (χ1n) is 8.07. The number of carbonyl (C=O) groups is 1. The molecule has 0 spiro atoms. The predicted molar refractivity (Wildman–Crippen MR) is 80.1 cm³/mol. The van der Waals surface area contributed by atoms with E-state index in [1.165, 1.54) is 6.39 Å². The molecule has 0 radical (unpaired) electrons. The van der Waals surface area contributed by atoms with E-state index < -0.39 is 0 Å². The Labute approximate surface area is 138 Å². The molecule has 2 aromatic rings. The molecule has 0 aromatic carbocycles. The van der Waals surface area contributed by atoms with E-state index in [9.17, 15) is 4.79 Å². The number of nitrogens with zero attached hydrogens (tertiary/aromatic N) is 4.